The lowest BCUT2D eigenvalue weighted by atomic mass is 9.48. The average Bonchev–Trinajstić information content (AvgIpc) is 2.43. The summed E-state index contributed by atoms with van der Waals surface area (Å²) in [5.41, 5.74) is -0.371. The van der Waals surface area contributed by atoms with E-state index in [0.717, 1.165) is 58.0 Å². The molecule has 5 fully saturated rings. The van der Waals surface area contributed by atoms with Gasteiger partial charge in [0, 0.05) is 5.41 Å². The summed E-state index contributed by atoms with van der Waals surface area (Å²) >= 11 is 0. The summed E-state index contributed by atoms with van der Waals surface area (Å²) in [5.74, 6) is 1.42. The predicted octanol–water partition coefficient (Wildman–Crippen LogP) is 2.20. The summed E-state index contributed by atoms with van der Waals surface area (Å²) in [4.78, 5) is 14.7. The number of hydrogen-bond acceptors (Lipinski definition) is 4. The molecule has 0 radical (unpaired) electrons. The number of aliphatic hydroxyl groups is 1. The number of likely N-dealkylation sites (tertiary alicyclic amines) is 1. The molecule has 4 heteroatoms. The standard InChI is InChI=1S/C18H29NO3/c1-19-4-2-15(3-5-19)16(20)22-12-17-7-13-6-14(8-17)10-18(21,9-13)11-17/h13-15,21H,2-12H2,1H3. The third kappa shape index (κ3) is 2.69. The van der Waals surface area contributed by atoms with Crippen molar-refractivity contribution in [2.24, 2.45) is 23.2 Å². The van der Waals surface area contributed by atoms with Gasteiger partial charge in [0.1, 0.15) is 0 Å². The van der Waals surface area contributed by atoms with Crippen molar-refractivity contribution in [1.29, 1.82) is 0 Å². The van der Waals surface area contributed by atoms with Crippen molar-refractivity contribution in [3.63, 3.8) is 0 Å². The lowest BCUT2D eigenvalue weighted by Gasteiger charge is -2.59. The number of hydrogen-bond donors (Lipinski definition) is 1. The third-order valence-corrected chi connectivity index (χ3v) is 6.72. The summed E-state index contributed by atoms with van der Waals surface area (Å²) in [6.45, 7) is 2.54. The highest BCUT2D eigenvalue weighted by Crippen LogP contribution is 2.61. The smallest absolute Gasteiger partial charge is 0.309 e. The molecule has 2 unspecified atom stereocenters. The maximum absolute atomic E-state index is 12.4. The van der Waals surface area contributed by atoms with E-state index in [0.29, 0.717) is 18.4 Å². The van der Waals surface area contributed by atoms with Crippen molar-refractivity contribution in [2.75, 3.05) is 26.7 Å². The summed E-state index contributed by atoms with van der Waals surface area (Å²) in [7, 11) is 2.11. The third-order valence-electron chi connectivity index (χ3n) is 6.72. The van der Waals surface area contributed by atoms with Crippen molar-refractivity contribution >= 4 is 5.97 Å². The van der Waals surface area contributed by atoms with Gasteiger partial charge in [-0.25, -0.2) is 0 Å². The molecule has 5 aliphatic rings. The van der Waals surface area contributed by atoms with Gasteiger partial charge in [-0.05, 0) is 83.3 Å². The number of rotatable bonds is 3. The molecule has 1 heterocycles. The Morgan fingerprint density at radius 1 is 1.18 bits per heavy atom. The molecule has 4 nitrogen and oxygen atoms in total. The van der Waals surface area contributed by atoms with Crippen LogP contribution in [0, 0.1) is 23.2 Å². The number of carbonyl (C=O) groups is 1. The zero-order chi connectivity index (χ0) is 15.4. The molecule has 4 aliphatic carbocycles. The second kappa shape index (κ2) is 5.20. The minimum Gasteiger partial charge on any atom is -0.465 e. The number of piperidine rings is 1. The van der Waals surface area contributed by atoms with Crippen LogP contribution in [0.5, 0.6) is 0 Å². The Kier molecular flexibility index (Phi) is 3.53. The molecule has 0 aromatic heterocycles. The molecule has 1 aliphatic heterocycles. The van der Waals surface area contributed by atoms with Crippen LogP contribution in [0.4, 0.5) is 0 Å². The van der Waals surface area contributed by atoms with Gasteiger partial charge in [0.15, 0.2) is 0 Å². The highest BCUT2D eigenvalue weighted by molar-refractivity contribution is 5.72. The van der Waals surface area contributed by atoms with Gasteiger partial charge >= 0.3 is 5.97 Å². The molecule has 5 rings (SSSR count). The minimum atomic E-state index is -0.454. The number of ether oxygens (including phenoxy) is 1. The van der Waals surface area contributed by atoms with Gasteiger partial charge in [-0.1, -0.05) is 0 Å². The van der Waals surface area contributed by atoms with Gasteiger partial charge in [-0.3, -0.25) is 4.79 Å². The molecule has 124 valence electrons. The van der Waals surface area contributed by atoms with Crippen LogP contribution in [-0.4, -0.2) is 48.3 Å². The zero-order valence-electron chi connectivity index (χ0n) is 13.7. The number of nitrogens with zero attached hydrogens (tertiary/aromatic N) is 1. The Hall–Kier alpha value is -0.610. The molecular weight excluding hydrogens is 278 g/mol. The van der Waals surface area contributed by atoms with E-state index in [4.69, 9.17) is 4.74 Å². The highest BCUT2D eigenvalue weighted by Gasteiger charge is 2.57. The van der Waals surface area contributed by atoms with Crippen molar-refractivity contribution in [3.8, 4) is 0 Å². The Morgan fingerprint density at radius 3 is 2.41 bits per heavy atom. The van der Waals surface area contributed by atoms with Crippen LogP contribution in [0.3, 0.4) is 0 Å². The molecule has 4 bridgehead atoms. The zero-order valence-corrected chi connectivity index (χ0v) is 13.7. The van der Waals surface area contributed by atoms with Crippen molar-refractivity contribution in [1.82, 2.24) is 4.90 Å². The lowest BCUT2D eigenvalue weighted by Crippen LogP contribution is -2.57. The first-order chi connectivity index (χ1) is 10.5. The van der Waals surface area contributed by atoms with Crippen molar-refractivity contribution in [2.45, 2.75) is 57.0 Å². The van der Waals surface area contributed by atoms with Crippen LogP contribution < -0.4 is 0 Å². The predicted molar refractivity (Wildman–Crippen MR) is 83.2 cm³/mol. The fourth-order valence-electron chi connectivity index (χ4n) is 6.16. The Labute approximate surface area is 133 Å². The fourth-order valence-corrected chi connectivity index (χ4v) is 6.16. The fraction of sp³-hybridized carbons (Fsp3) is 0.944. The van der Waals surface area contributed by atoms with E-state index >= 15 is 0 Å². The molecule has 2 atom stereocenters. The van der Waals surface area contributed by atoms with Crippen LogP contribution in [0.2, 0.25) is 0 Å². The SMILES string of the molecule is CN1CCC(C(=O)OCC23CC4CC(CC(O)(C4)C2)C3)CC1. The van der Waals surface area contributed by atoms with Gasteiger partial charge in [0.25, 0.3) is 0 Å². The first kappa shape index (κ1) is 14.9. The molecule has 4 saturated carbocycles. The van der Waals surface area contributed by atoms with Gasteiger partial charge in [-0.15, -0.1) is 0 Å². The Bertz CT molecular complexity index is 441. The molecule has 1 saturated heterocycles. The van der Waals surface area contributed by atoms with Gasteiger partial charge in [0.2, 0.25) is 0 Å². The van der Waals surface area contributed by atoms with Crippen molar-refractivity contribution in [3.05, 3.63) is 0 Å². The molecule has 0 aromatic carbocycles. The van der Waals surface area contributed by atoms with E-state index in [2.05, 4.69) is 11.9 Å². The van der Waals surface area contributed by atoms with Crippen molar-refractivity contribution < 1.29 is 14.6 Å². The van der Waals surface area contributed by atoms with Crippen LogP contribution in [0.1, 0.15) is 51.4 Å². The molecule has 1 N–H and O–H groups in total. The molecule has 0 amide bonds. The lowest BCUT2D eigenvalue weighted by molar-refractivity contribution is -0.189. The summed E-state index contributed by atoms with van der Waals surface area (Å²) in [6.07, 6.45) is 8.27. The van der Waals surface area contributed by atoms with E-state index in [1.165, 1.54) is 6.42 Å². The van der Waals surface area contributed by atoms with E-state index in [1.54, 1.807) is 0 Å². The monoisotopic (exact) mass is 307 g/mol. The van der Waals surface area contributed by atoms with Crippen LogP contribution >= 0.6 is 0 Å². The van der Waals surface area contributed by atoms with Gasteiger partial charge in [0.05, 0.1) is 18.1 Å². The number of carbonyl (C=O) groups excluding carboxylic acids is 1. The van der Waals surface area contributed by atoms with E-state index in [9.17, 15) is 9.90 Å². The van der Waals surface area contributed by atoms with E-state index in [1.807, 2.05) is 0 Å². The largest absolute Gasteiger partial charge is 0.465 e. The highest BCUT2D eigenvalue weighted by atomic mass is 16.5. The minimum absolute atomic E-state index is 0.0100. The molecule has 0 aromatic rings. The van der Waals surface area contributed by atoms with Crippen LogP contribution in [0.25, 0.3) is 0 Å². The molecule has 22 heavy (non-hydrogen) atoms. The maximum Gasteiger partial charge on any atom is 0.309 e. The second-order valence-electron chi connectivity index (χ2n) is 8.87. The Balaban J connectivity index is 1.36. The normalized spacial score (nSPS) is 45.2. The molecular formula is C18H29NO3. The first-order valence-corrected chi connectivity index (χ1v) is 9.03. The van der Waals surface area contributed by atoms with Crippen LogP contribution in [-0.2, 0) is 9.53 Å². The number of esters is 1. The van der Waals surface area contributed by atoms with Gasteiger partial charge in [-0.2, -0.15) is 0 Å². The van der Waals surface area contributed by atoms with E-state index < -0.39 is 5.60 Å². The first-order valence-electron chi connectivity index (χ1n) is 9.03. The summed E-state index contributed by atoms with van der Waals surface area (Å²) < 4.78 is 5.78. The maximum atomic E-state index is 12.4. The van der Waals surface area contributed by atoms with Crippen LogP contribution in [0.15, 0.2) is 0 Å². The van der Waals surface area contributed by atoms with Gasteiger partial charge < -0.3 is 14.7 Å². The topological polar surface area (TPSA) is 49.8 Å². The summed E-state index contributed by atoms with van der Waals surface area (Å²) in [6, 6.07) is 0. The van der Waals surface area contributed by atoms with E-state index in [-0.39, 0.29) is 17.3 Å². The second-order valence-corrected chi connectivity index (χ2v) is 8.87. The summed E-state index contributed by atoms with van der Waals surface area (Å²) in [5, 5.41) is 10.8. The average molecular weight is 307 g/mol. The molecule has 0 spiro atoms. The quantitative estimate of drug-likeness (QED) is 0.812. The Morgan fingerprint density at radius 2 is 1.82 bits per heavy atom.